The summed E-state index contributed by atoms with van der Waals surface area (Å²) in [4.78, 5) is 27.6. The van der Waals surface area contributed by atoms with Crippen LogP contribution in [-0.4, -0.2) is 48.1 Å². The highest BCUT2D eigenvalue weighted by atomic mass is 16.5. The lowest BCUT2D eigenvalue weighted by Gasteiger charge is -2.40. The summed E-state index contributed by atoms with van der Waals surface area (Å²) in [5, 5.41) is 2.91. The number of ether oxygens (including phenoxy) is 1. The standard InChI is InChI=1S/C20H28N2O3/c1-15-20(10-13-25-14-11-20)9-12-22(15)18(24)19(2,3)21-17(23)16-7-5-4-6-8-16/h4-8,15H,9-14H2,1-3H3,(H,21,23). The van der Waals surface area contributed by atoms with Crippen molar-refractivity contribution < 1.29 is 14.3 Å². The predicted octanol–water partition coefficient (Wildman–Crippen LogP) is 2.61. The number of carbonyl (C=O) groups is 2. The van der Waals surface area contributed by atoms with Gasteiger partial charge < -0.3 is 15.0 Å². The summed E-state index contributed by atoms with van der Waals surface area (Å²) in [6.07, 6.45) is 3.04. The average molecular weight is 344 g/mol. The topological polar surface area (TPSA) is 58.6 Å². The van der Waals surface area contributed by atoms with Crippen molar-refractivity contribution >= 4 is 11.8 Å². The minimum absolute atomic E-state index is 0.00681. The molecule has 0 bridgehead atoms. The molecule has 2 fully saturated rings. The zero-order valence-corrected chi connectivity index (χ0v) is 15.4. The van der Waals surface area contributed by atoms with E-state index < -0.39 is 5.54 Å². The number of benzene rings is 1. The first kappa shape index (κ1) is 17.9. The molecule has 2 aliphatic heterocycles. The lowest BCUT2D eigenvalue weighted by atomic mass is 9.74. The molecule has 1 aromatic carbocycles. The first-order valence-corrected chi connectivity index (χ1v) is 9.12. The van der Waals surface area contributed by atoms with Crippen LogP contribution in [0, 0.1) is 5.41 Å². The number of rotatable bonds is 3. The zero-order valence-electron chi connectivity index (χ0n) is 15.4. The van der Waals surface area contributed by atoms with Gasteiger partial charge in [-0.2, -0.15) is 0 Å². The fourth-order valence-corrected chi connectivity index (χ4v) is 4.16. The Balaban J connectivity index is 1.70. The van der Waals surface area contributed by atoms with Crippen LogP contribution in [0.5, 0.6) is 0 Å². The van der Waals surface area contributed by atoms with Crippen LogP contribution in [0.25, 0.3) is 0 Å². The number of hydrogen-bond acceptors (Lipinski definition) is 3. The third-order valence-corrected chi connectivity index (χ3v) is 5.95. The number of carbonyl (C=O) groups excluding carboxylic acids is 2. The Hall–Kier alpha value is -1.88. The average Bonchev–Trinajstić information content (AvgIpc) is 2.91. The van der Waals surface area contributed by atoms with Gasteiger partial charge in [-0.1, -0.05) is 18.2 Å². The van der Waals surface area contributed by atoms with Gasteiger partial charge in [-0.15, -0.1) is 0 Å². The summed E-state index contributed by atoms with van der Waals surface area (Å²) in [5.41, 5.74) is -0.190. The lowest BCUT2D eigenvalue weighted by molar-refractivity contribution is -0.139. The summed E-state index contributed by atoms with van der Waals surface area (Å²) < 4.78 is 5.51. The smallest absolute Gasteiger partial charge is 0.252 e. The van der Waals surface area contributed by atoms with E-state index in [0.29, 0.717) is 5.56 Å². The maximum absolute atomic E-state index is 13.2. The van der Waals surface area contributed by atoms with E-state index in [1.54, 1.807) is 26.0 Å². The molecule has 0 aromatic heterocycles. The van der Waals surface area contributed by atoms with E-state index in [4.69, 9.17) is 4.74 Å². The normalized spacial score (nSPS) is 22.8. The Morgan fingerprint density at radius 2 is 1.80 bits per heavy atom. The van der Waals surface area contributed by atoms with Gasteiger partial charge in [0.15, 0.2) is 0 Å². The SMILES string of the molecule is CC1N(C(=O)C(C)(C)NC(=O)c2ccccc2)CCC12CCOCC2. The van der Waals surface area contributed by atoms with Crippen molar-refractivity contribution in [3.63, 3.8) is 0 Å². The Bertz CT molecular complexity index is 636. The highest BCUT2D eigenvalue weighted by Gasteiger charge is 2.49. The largest absolute Gasteiger partial charge is 0.381 e. The van der Waals surface area contributed by atoms with Gasteiger partial charge in [0.25, 0.3) is 5.91 Å². The number of likely N-dealkylation sites (tertiary alicyclic amines) is 1. The van der Waals surface area contributed by atoms with Crippen molar-refractivity contribution in [2.24, 2.45) is 5.41 Å². The molecule has 1 spiro atoms. The summed E-state index contributed by atoms with van der Waals surface area (Å²) in [6, 6.07) is 9.20. The maximum atomic E-state index is 13.2. The molecule has 0 saturated carbocycles. The van der Waals surface area contributed by atoms with Crippen molar-refractivity contribution in [3.8, 4) is 0 Å². The summed E-state index contributed by atoms with van der Waals surface area (Å²) in [6.45, 7) is 8.03. The molecule has 2 saturated heterocycles. The molecule has 136 valence electrons. The molecule has 2 aliphatic rings. The monoisotopic (exact) mass is 344 g/mol. The highest BCUT2D eigenvalue weighted by Crippen LogP contribution is 2.45. The number of amides is 2. The molecule has 2 heterocycles. The summed E-state index contributed by atoms with van der Waals surface area (Å²) in [7, 11) is 0. The van der Waals surface area contributed by atoms with Crippen LogP contribution in [0.2, 0.25) is 0 Å². The number of nitrogens with zero attached hydrogens (tertiary/aromatic N) is 1. The van der Waals surface area contributed by atoms with Crippen LogP contribution in [0.3, 0.4) is 0 Å². The van der Waals surface area contributed by atoms with Crippen molar-refractivity contribution in [1.82, 2.24) is 10.2 Å². The first-order chi connectivity index (χ1) is 11.9. The second-order valence-electron chi connectivity index (χ2n) is 7.84. The molecule has 25 heavy (non-hydrogen) atoms. The van der Waals surface area contributed by atoms with Crippen LogP contribution < -0.4 is 5.32 Å². The first-order valence-electron chi connectivity index (χ1n) is 9.12. The van der Waals surface area contributed by atoms with Gasteiger partial charge in [0.1, 0.15) is 5.54 Å². The molecule has 2 amide bonds. The molecule has 1 unspecified atom stereocenters. The maximum Gasteiger partial charge on any atom is 0.252 e. The third kappa shape index (κ3) is 3.43. The van der Waals surface area contributed by atoms with E-state index in [9.17, 15) is 9.59 Å². The van der Waals surface area contributed by atoms with Crippen LogP contribution in [0.4, 0.5) is 0 Å². The third-order valence-electron chi connectivity index (χ3n) is 5.95. The molecular formula is C20H28N2O3. The van der Waals surface area contributed by atoms with Gasteiger partial charge in [-0.05, 0) is 57.6 Å². The van der Waals surface area contributed by atoms with E-state index in [2.05, 4.69) is 12.2 Å². The molecule has 1 N–H and O–H groups in total. The van der Waals surface area contributed by atoms with Crippen molar-refractivity contribution in [3.05, 3.63) is 35.9 Å². The molecule has 0 aliphatic carbocycles. The Kier molecular flexibility index (Phi) is 4.87. The fourth-order valence-electron chi connectivity index (χ4n) is 4.16. The van der Waals surface area contributed by atoms with Crippen molar-refractivity contribution in [1.29, 1.82) is 0 Å². The van der Waals surface area contributed by atoms with E-state index in [1.807, 2.05) is 23.1 Å². The Labute approximate surface area is 149 Å². The summed E-state index contributed by atoms with van der Waals surface area (Å²) in [5.74, 6) is -0.223. The van der Waals surface area contributed by atoms with Gasteiger partial charge in [0.05, 0.1) is 0 Å². The molecular weight excluding hydrogens is 316 g/mol. The summed E-state index contributed by atoms with van der Waals surface area (Å²) >= 11 is 0. The van der Waals surface area contributed by atoms with Gasteiger partial charge in [0, 0.05) is 31.4 Å². The van der Waals surface area contributed by atoms with Crippen molar-refractivity contribution in [2.45, 2.75) is 51.6 Å². The van der Waals surface area contributed by atoms with Gasteiger partial charge >= 0.3 is 0 Å². The van der Waals surface area contributed by atoms with Crippen LogP contribution in [-0.2, 0) is 9.53 Å². The van der Waals surface area contributed by atoms with E-state index in [0.717, 1.165) is 39.0 Å². The molecule has 5 nitrogen and oxygen atoms in total. The van der Waals surface area contributed by atoms with Crippen LogP contribution in [0.15, 0.2) is 30.3 Å². The van der Waals surface area contributed by atoms with E-state index in [-0.39, 0.29) is 23.3 Å². The minimum Gasteiger partial charge on any atom is -0.381 e. The van der Waals surface area contributed by atoms with Gasteiger partial charge in [-0.25, -0.2) is 0 Å². The van der Waals surface area contributed by atoms with E-state index >= 15 is 0 Å². The Morgan fingerprint density at radius 1 is 1.16 bits per heavy atom. The molecule has 0 radical (unpaired) electrons. The van der Waals surface area contributed by atoms with Crippen LogP contribution >= 0.6 is 0 Å². The number of hydrogen-bond donors (Lipinski definition) is 1. The zero-order chi connectivity index (χ0) is 18.1. The van der Waals surface area contributed by atoms with Crippen LogP contribution in [0.1, 0.15) is 50.4 Å². The number of nitrogens with one attached hydrogen (secondary N) is 1. The van der Waals surface area contributed by atoms with Gasteiger partial charge in [0.2, 0.25) is 5.91 Å². The quantitative estimate of drug-likeness (QED) is 0.917. The fraction of sp³-hybridized carbons (Fsp3) is 0.600. The second kappa shape index (κ2) is 6.79. The highest BCUT2D eigenvalue weighted by molar-refractivity contribution is 5.99. The second-order valence-corrected chi connectivity index (χ2v) is 7.84. The lowest BCUT2D eigenvalue weighted by Crippen LogP contribution is -2.57. The molecule has 1 atom stereocenters. The van der Waals surface area contributed by atoms with E-state index in [1.165, 1.54) is 0 Å². The van der Waals surface area contributed by atoms with Gasteiger partial charge in [-0.3, -0.25) is 9.59 Å². The predicted molar refractivity (Wildman–Crippen MR) is 96.3 cm³/mol. The Morgan fingerprint density at radius 3 is 2.44 bits per heavy atom. The molecule has 3 rings (SSSR count). The molecule has 5 heteroatoms. The van der Waals surface area contributed by atoms with Crippen molar-refractivity contribution in [2.75, 3.05) is 19.8 Å². The minimum atomic E-state index is -0.933. The molecule has 1 aromatic rings.